The molecule has 0 fully saturated rings. The van der Waals surface area contributed by atoms with E-state index < -0.39 is 16.8 Å². The molecule has 0 bridgehead atoms. The van der Waals surface area contributed by atoms with Gasteiger partial charge in [0.1, 0.15) is 5.69 Å². The normalized spacial score (nSPS) is 12.9. The fourth-order valence-corrected chi connectivity index (χ4v) is 2.29. The molecule has 0 aliphatic carbocycles. The number of hydrogen-bond donors (Lipinski definition) is 1. The van der Waals surface area contributed by atoms with Crippen LogP contribution in [-0.4, -0.2) is 28.5 Å². The Kier molecular flexibility index (Phi) is 6.05. The molecule has 0 aliphatic heterocycles. The van der Waals surface area contributed by atoms with Crippen molar-refractivity contribution in [3.05, 3.63) is 63.8 Å². The van der Waals surface area contributed by atoms with Crippen molar-refractivity contribution in [1.29, 1.82) is 0 Å². The number of amides is 1. The molecule has 1 heterocycles. The van der Waals surface area contributed by atoms with E-state index in [9.17, 15) is 14.9 Å². The van der Waals surface area contributed by atoms with Crippen LogP contribution in [0.5, 0.6) is 5.75 Å². The number of benzene rings is 1. The van der Waals surface area contributed by atoms with E-state index in [0.29, 0.717) is 12.2 Å². The molecule has 25 heavy (non-hydrogen) atoms. The van der Waals surface area contributed by atoms with Crippen molar-refractivity contribution in [2.75, 3.05) is 6.54 Å². The highest BCUT2D eigenvalue weighted by atomic mass is 16.6. The van der Waals surface area contributed by atoms with Crippen LogP contribution >= 0.6 is 0 Å². The van der Waals surface area contributed by atoms with Gasteiger partial charge >= 0.3 is 5.82 Å². The summed E-state index contributed by atoms with van der Waals surface area (Å²) in [5.41, 5.74) is 1.63. The highest BCUT2D eigenvalue weighted by Crippen LogP contribution is 2.25. The minimum absolute atomic E-state index is 0.0191. The highest BCUT2D eigenvalue weighted by molar-refractivity contribution is 5.80. The van der Waals surface area contributed by atoms with Gasteiger partial charge in [-0.15, -0.1) is 0 Å². The van der Waals surface area contributed by atoms with Gasteiger partial charge in [0.15, 0.2) is 6.10 Å². The lowest BCUT2D eigenvalue weighted by molar-refractivity contribution is -0.390. The number of carbonyl (C=O) groups is 1. The smallest absolute Gasteiger partial charge is 0.406 e. The van der Waals surface area contributed by atoms with Crippen LogP contribution in [0.2, 0.25) is 0 Å². The number of rotatable bonds is 7. The van der Waals surface area contributed by atoms with E-state index in [1.807, 2.05) is 37.3 Å². The third-order valence-corrected chi connectivity index (χ3v) is 3.78. The van der Waals surface area contributed by atoms with Gasteiger partial charge in [-0.2, -0.15) is 0 Å². The molecule has 2 aromatic rings. The predicted molar refractivity (Wildman–Crippen MR) is 93.6 cm³/mol. The average Bonchev–Trinajstić information content (AvgIpc) is 2.61. The summed E-state index contributed by atoms with van der Waals surface area (Å²) < 4.78 is 5.45. The number of ether oxygens (including phenoxy) is 1. The van der Waals surface area contributed by atoms with E-state index in [0.717, 1.165) is 5.56 Å². The zero-order chi connectivity index (χ0) is 18.4. The van der Waals surface area contributed by atoms with Gasteiger partial charge in [-0.1, -0.05) is 37.3 Å². The van der Waals surface area contributed by atoms with Crippen molar-refractivity contribution < 1.29 is 14.5 Å². The van der Waals surface area contributed by atoms with Crippen LogP contribution in [0.25, 0.3) is 0 Å². The van der Waals surface area contributed by atoms with Gasteiger partial charge in [-0.25, -0.2) is 0 Å². The fraction of sp³-hybridized carbons (Fsp3) is 0.333. The topological polar surface area (TPSA) is 94.4 Å². The van der Waals surface area contributed by atoms with Crippen LogP contribution in [0.3, 0.4) is 0 Å². The zero-order valence-electron chi connectivity index (χ0n) is 14.4. The molecular weight excluding hydrogens is 322 g/mol. The van der Waals surface area contributed by atoms with E-state index in [-0.39, 0.29) is 17.6 Å². The Labute approximate surface area is 146 Å². The van der Waals surface area contributed by atoms with E-state index in [1.165, 1.54) is 6.07 Å². The summed E-state index contributed by atoms with van der Waals surface area (Å²) in [5, 5.41) is 13.9. The predicted octanol–water partition coefficient (Wildman–Crippen LogP) is 2.99. The molecule has 132 valence electrons. The van der Waals surface area contributed by atoms with Crippen molar-refractivity contribution >= 4 is 11.7 Å². The van der Waals surface area contributed by atoms with Crippen LogP contribution in [0.4, 0.5) is 5.82 Å². The lowest BCUT2D eigenvalue weighted by Crippen LogP contribution is -2.38. The second-order valence-corrected chi connectivity index (χ2v) is 5.85. The van der Waals surface area contributed by atoms with Gasteiger partial charge in [0.2, 0.25) is 5.75 Å². The van der Waals surface area contributed by atoms with Crippen molar-refractivity contribution in [1.82, 2.24) is 10.3 Å². The number of pyridine rings is 1. The third kappa shape index (κ3) is 5.00. The summed E-state index contributed by atoms with van der Waals surface area (Å²) in [6, 6.07) is 12.9. The zero-order valence-corrected chi connectivity index (χ0v) is 14.4. The molecule has 0 spiro atoms. The second-order valence-electron chi connectivity index (χ2n) is 5.85. The highest BCUT2D eigenvalue weighted by Gasteiger charge is 2.23. The molecule has 0 radical (unpaired) electrons. The van der Waals surface area contributed by atoms with E-state index in [4.69, 9.17) is 4.74 Å². The average molecular weight is 343 g/mol. The molecular formula is C18H21N3O4. The summed E-state index contributed by atoms with van der Waals surface area (Å²) in [5.74, 6) is -0.600. The SMILES string of the molecule is Cc1ccc(OC(C)C(=O)NCC(C)c2ccccc2)c([N+](=O)[O-])n1. The third-order valence-electron chi connectivity index (χ3n) is 3.78. The van der Waals surface area contributed by atoms with Gasteiger partial charge < -0.3 is 20.2 Å². The van der Waals surface area contributed by atoms with Gasteiger partial charge in [0.05, 0.1) is 0 Å². The van der Waals surface area contributed by atoms with Gasteiger partial charge in [-0.05, 0) is 40.4 Å². The first kappa shape index (κ1) is 18.4. The molecule has 1 aromatic heterocycles. The Morgan fingerprint density at radius 1 is 1.24 bits per heavy atom. The fourth-order valence-electron chi connectivity index (χ4n) is 2.29. The second kappa shape index (κ2) is 8.23. The molecule has 1 amide bonds. The lowest BCUT2D eigenvalue weighted by Gasteiger charge is -2.17. The van der Waals surface area contributed by atoms with Crippen LogP contribution < -0.4 is 10.1 Å². The first-order valence-electron chi connectivity index (χ1n) is 8.00. The Balaban J connectivity index is 1.96. The maximum atomic E-state index is 12.2. The molecule has 2 unspecified atom stereocenters. The Hall–Kier alpha value is -2.96. The number of hydrogen-bond acceptors (Lipinski definition) is 5. The number of nitro groups is 1. The van der Waals surface area contributed by atoms with Crippen molar-refractivity contribution in [3.8, 4) is 5.75 Å². The van der Waals surface area contributed by atoms with Crippen molar-refractivity contribution in [2.24, 2.45) is 0 Å². The molecule has 2 rings (SSSR count). The first-order chi connectivity index (χ1) is 11.9. The Morgan fingerprint density at radius 2 is 1.92 bits per heavy atom. The summed E-state index contributed by atoms with van der Waals surface area (Å²) >= 11 is 0. The van der Waals surface area contributed by atoms with Crippen LogP contribution in [0.1, 0.15) is 31.0 Å². The van der Waals surface area contributed by atoms with Crippen molar-refractivity contribution in [2.45, 2.75) is 32.8 Å². The summed E-state index contributed by atoms with van der Waals surface area (Å²) in [7, 11) is 0. The summed E-state index contributed by atoms with van der Waals surface area (Å²) in [6.45, 7) is 5.66. The molecule has 0 saturated carbocycles. The van der Waals surface area contributed by atoms with Crippen molar-refractivity contribution in [3.63, 3.8) is 0 Å². The van der Waals surface area contributed by atoms with E-state index >= 15 is 0 Å². The van der Waals surface area contributed by atoms with E-state index in [1.54, 1.807) is 19.9 Å². The maximum Gasteiger partial charge on any atom is 0.406 e. The molecule has 0 aliphatic rings. The van der Waals surface area contributed by atoms with E-state index in [2.05, 4.69) is 10.3 Å². The lowest BCUT2D eigenvalue weighted by atomic mass is 10.0. The monoisotopic (exact) mass is 343 g/mol. The van der Waals surface area contributed by atoms with Crippen LogP contribution in [0, 0.1) is 17.0 Å². The Bertz CT molecular complexity index is 749. The molecule has 7 heteroatoms. The molecule has 0 saturated heterocycles. The largest absolute Gasteiger partial charge is 0.473 e. The summed E-state index contributed by atoms with van der Waals surface area (Å²) in [6.07, 6.45) is -0.869. The number of nitrogens with one attached hydrogen (secondary N) is 1. The standard InChI is InChI=1S/C18H21N3O4/c1-12(15-7-5-4-6-8-15)11-19-18(22)14(3)25-16-10-9-13(2)20-17(16)21(23)24/h4-10,12,14H,11H2,1-3H3,(H,19,22). The number of nitrogens with zero attached hydrogens (tertiary/aromatic N) is 2. The number of aryl methyl sites for hydroxylation is 1. The molecule has 2 atom stereocenters. The molecule has 7 nitrogen and oxygen atoms in total. The van der Waals surface area contributed by atoms with Gasteiger partial charge in [-0.3, -0.25) is 4.79 Å². The first-order valence-corrected chi connectivity index (χ1v) is 8.00. The Morgan fingerprint density at radius 3 is 2.56 bits per heavy atom. The molecule has 1 N–H and O–H groups in total. The quantitative estimate of drug-likeness (QED) is 0.616. The minimum Gasteiger partial charge on any atom is -0.473 e. The minimum atomic E-state index is -0.869. The number of carbonyl (C=O) groups excluding carboxylic acids is 1. The summed E-state index contributed by atoms with van der Waals surface area (Å²) in [4.78, 5) is 26.5. The van der Waals surface area contributed by atoms with Gasteiger partial charge in [0.25, 0.3) is 5.91 Å². The van der Waals surface area contributed by atoms with Crippen LogP contribution in [-0.2, 0) is 4.79 Å². The maximum absolute atomic E-state index is 12.2. The van der Waals surface area contributed by atoms with Crippen LogP contribution in [0.15, 0.2) is 42.5 Å². The van der Waals surface area contributed by atoms with Gasteiger partial charge in [0, 0.05) is 13.5 Å². The number of aromatic nitrogens is 1. The molecule has 1 aromatic carbocycles.